The molecule has 0 radical (unpaired) electrons. The first-order chi connectivity index (χ1) is 21.6. The Morgan fingerprint density at radius 1 is 0.689 bits per heavy atom. The maximum Gasteiger partial charge on any atom is 0.178 e. The van der Waals surface area contributed by atoms with E-state index in [4.69, 9.17) is 23.7 Å². The van der Waals surface area contributed by atoms with Crippen LogP contribution in [0.5, 0.6) is 28.7 Å². The van der Waals surface area contributed by atoms with Crippen LogP contribution in [0.25, 0.3) is 28.0 Å². The smallest absolute Gasteiger partial charge is 0.178 e. The summed E-state index contributed by atoms with van der Waals surface area (Å²) in [5, 5.41) is 3.03. The standard InChI is InChI=1S/C38H34FO5P/c1-37(2)33-17-23(39)7-9-30(33)34-29-10-8-28(45)20-32(29)36-31(35(34)37)11-12-38(44-36,21-13-24(40-3)18-25(14-21)41-4)22-15-26(42-5)19-27(16-22)43-6/h7-20H,45H2,1-6H3. The average Bonchev–Trinajstić information content (AvgIpc) is 3.29. The van der Waals surface area contributed by atoms with E-state index < -0.39 is 11.0 Å². The molecule has 1 atom stereocenters. The van der Waals surface area contributed by atoms with Crippen LogP contribution in [0.3, 0.4) is 0 Å². The first kappa shape index (κ1) is 29.2. The highest BCUT2D eigenvalue weighted by Crippen LogP contribution is 2.58. The molecule has 1 aliphatic carbocycles. The monoisotopic (exact) mass is 620 g/mol. The number of hydrogen-bond acceptors (Lipinski definition) is 5. The van der Waals surface area contributed by atoms with Crippen molar-refractivity contribution in [2.45, 2.75) is 24.9 Å². The summed E-state index contributed by atoms with van der Waals surface area (Å²) in [6.45, 7) is 4.31. The summed E-state index contributed by atoms with van der Waals surface area (Å²) in [7, 11) is 9.33. The summed E-state index contributed by atoms with van der Waals surface area (Å²) >= 11 is 0. The number of fused-ring (bicyclic) bond motifs is 8. The third-order valence-corrected chi connectivity index (χ3v) is 9.54. The molecule has 0 N–H and O–H groups in total. The van der Waals surface area contributed by atoms with Gasteiger partial charge in [0, 0.05) is 39.6 Å². The lowest BCUT2D eigenvalue weighted by Crippen LogP contribution is -2.35. The van der Waals surface area contributed by atoms with E-state index in [0.717, 1.165) is 60.8 Å². The third kappa shape index (κ3) is 4.38. The lowest BCUT2D eigenvalue weighted by Gasteiger charge is -2.39. The Morgan fingerprint density at radius 2 is 1.27 bits per heavy atom. The number of benzene rings is 5. The molecule has 1 aliphatic heterocycles. The molecule has 45 heavy (non-hydrogen) atoms. The molecule has 5 aromatic rings. The summed E-state index contributed by atoms with van der Waals surface area (Å²) < 4.78 is 44.9. The molecule has 7 rings (SSSR count). The van der Waals surface area contributed by atoms with Gasteiger partial charge in [-0.3, -0.25) is 0 Å². The Kier molecular flexibility index (Phi) is 6.83. The van der Waals surface area contributed by atoms with Crippen molar-refractivity contribution < 1.29 is 28.1 Å². The minimum atomic E-state index is -1.13. The van der Waals surface area contributed by atoms with Gasteiger partial charge in [-0.05, 0) is 81.5 Å². The zero-order valence-corrected chi connectivity index (χ0v) is 27.2. The molecule has 5 aromatic carbocycles. The second kappa shape index (κ2) is 10.5. The summed E-state index contributed by atoms with van der Waals surface area (Å²) in [5.74, 6) is 3.01. The van der Waals surface area contributed by atoms with E-state index in [1.807, 2.05) is 42.5 Å². The second-order valence-corrected chi connectivity index (χ2v) is 12.7. The van der Waals surface area contributed by atoms with Gasteiger partial charge in [0.1, 0.15) is 34.6 Å². The Hall–Kier alpha value is -4.54. The van der Waals surface area contributed by atoms with Crippen molar-refractivity contribution in [1.29, 1.82) is 0 Å². The van der Waals surface area contributed by atoms with Gasteiger partial charge in [0.2, 0.25) is 0 Å². The SMILES string of the molecule is COc1cc(OC)cc(C2(c3cc(OC)cc(OC)c3)C=Cc3c4c(c5ccc(P)cc5c3O2)-c2ccc(F)cc2C4(C)C)c1. The highest BCUT2D eigenvalue weighted by atomic mass is 31.0. The molecule has 5 nitrogen and oxygen atoms in total. The van der Waals surface area contributed by atoms with Crippen LogP contribution in [-0.2, 0) is 11.0 Å². The summed E-state index contributed by atoms with van der Waals surface area (Å²) in [4.78, 5) is 0. The molecule has 1 heterocycles. The Bertz CT molecular complexity index is 1950. The van der Waals surface area contributed by atoms with E-state index in [2.05, 4.69) is 53.4 Å². The van der Waals surface area contributed by atoms with Crippen LogP contribution in [0.1, 0.15) is 41.7 Å². The fourth-order valence-corrected chi connectivity index (χ4v) is 7.26. The van der Waals surface area contributed by atoms with Crippen molar-refractivity contribution in [3.63, 3.8) is 0 Å². The highest BCUT2D eigenvalue weighted by Gasteiger charge is 2.45. The van der Waals surface area contributed by atoms with Gasteiger partial charge < -0.3 is 23.7 Å². The Morgan fingerprint density at radius 3 is 1.82 bits per heavy atom. The fraction of sp³-hybridized carbons (Fsp3) is 0.211. The molecule has 1 unspecified atom stereocenters. The topological polar surface area (TPSA) is 46.2 Å². The summed E-state index contributed by atoms with van der Waals surface area (Å²) in [5.41, 5.74) is 5.19. The molecule has 0 spiro atoms. The van der Waals surface area contributed by atoms with Crippen LogP contribution in [0.4, 0.5) is 4.39 Å². The van der Waals surface area contributed by atoms with Crippen LogP contribution in [0.15, 0.2) is 78.9 Å². The maximum atomic E-state index is 14.7. The molecule has 0 amide bonds. The van der Waals surface area contributed by atoms with Gasteiger partial charge in [-0.25, -0.2) is 4.39 Å². The minimum absolute atomic E-state index is 0.246. The molecule has 0 aromatic heterocycles. The van der Waals surface area contributed by atoms with Crippen molar-refractivity contribution in [3.05, 3.63) is 113 Å². The molecule has 0 saturated heterocycles. The van der Waals surface area contributed by atoms with Gasteiger partial charge in [0.25, 0.3) is 0 Å². The molecular formula is C38H34FO5P. The first-order valence-electron chi connectivity index (χ1n) is 14.7. The van der Waals surface area contributed by atoms with Gasteiger partial charge in [0.15, 0.2) is 5.60 Å². The van der Waals surface area contributed by atoms with Crippen LogP contribution in [-0.4, -0.2) is 28.4 Å². The summed E-state index contributed by atoms with van der Waals surface area (Å²) in [6.07, 6.45) is 4.22. The maximum absolute atomic E-state index is 14.7. The molecule has 7 heteroatoms. The first-order valence-corrected chi connectivity index (χ1v) is 15.3. The van der Waals surface area contributed by atoms with E-state index in [0.29, 0.717) is 23.0 Å². The molecular weight excluding hydrogens is 586 g/mol. The second-order valence-electron chi connectivity index (χ2n) is 12.0. The van der Waals surface area contributed by atoms with Crippen molar-refractivity contribution >= 4 is 31.4 Å². The minimum Gasteiger partial charge on any atom is -0.497 e. The van der Waals surface area contributed by atoms with E-state index >= 15 is 0 Å². The van der Waals surface area contributed by atoms with Crippen LogP contribution in [0, 0.1) is 5.82 Å². The van der Waals surface area contributed by atoms with Gasteiger partial charge in [-0.15, -0.1) is 9.24 Å². The Labute approximate surface area is 264 Å². The van der Waals surface area contributed by atoms with Crippen molar-refractivity contribution in [2.75, 3.05) is 28.4 Å². The lowest BCUT2D eigenvalue weighted by atomic mass is 9.76. The predicted molar refractivity (Wildman–Crippen MR) is 180 cm³/mol. The van der Waals surface area contributed by atoms with Crippen LogP contribution < -0.4 is 29.0 Å². The normalized spacial score (nSPS) is 15.1. The zero-order chi connectivity index (χ0) is 31.7. The zero-order valence-electron chi connectivity index (χ0n) is 26.1. The molecule has 228 valence electrons. The number of halogens is 1. The van der Waals surface area contributed by atoms with Gasteiger partial charge >= 0.3 is 0 Å². The summed E-state index contributed by atoms with van der Waals surface area (Å²) in [6, 6.07) is 23.0. The van der Waals surface area contributed by atoms with Crippen molar-refractivity contribution in [2.24, 2.45) is 0 Å². The lowest BCUT2D eigenvalue weighted by molar-refractivity contribution is 0.161. The van der Waals surface area contributed by atoms with Crippen molar-refractivity contribution in [1.82, 2.24) is 0 Å². The average molecular weight is 621 g/mol. The quantitative estimate of drug-likeness (QED) is 0.179. The number of rotatable bonds is 6. The molecule has 2 aliphatic rings. The largest absolute Gasteiger partial charge is 0.497 e. The molecule has 0 saturated carbocycles. The van der Waals surface area contributed by atoms with Crippen LogP contribution >= 0.6 is 9.24 Å². The van der Waals surface area contributed by atoms with Crippen LogP contribution in [0.2, 0.25) is 0 Å². The fourth-order valence-electron chi connectivity index (χ4n) is 7.00. The van der Waals surface area contributed by atoms with E-state index in [-0.39, 0.29) is 5.82 Å². The van der Waals surface area contributed by atoms with Crippen molar-refractivity contribution in [3.8, 4) is 39.9 Å². The van der Waals surface area contributed by atoms with Gasteiger partial charge in [-0.1, -0.05) is 38.1 Å². The number of ether oxygens (including phenoxy) is 5. The molecule has 0 fully saturated rings. The van der Waals surface area contributed by atoms with E-state index in [1.165, 1.54) is 0 Å². The third-order valence-electron chi connectivity index (χ3n) is 9.18. The predicted octanol–water partition coefficient (Wildman–Crippen LogP) is 8.17. The van der Waals surface area contributed by atoms with Gasteiger partial charge in [-0.2, -0.15) is 0 Å². The highest BCUT2D eigenvalue weighted by molar-refractivity contribution is 7.27. The number of hydrogen-bond donors (Lipinski definition) is 0. The Balaban J connectivity index is 1.59. The molecule has 0 bridgehead atoms. The van der Waals surface area contributed by atoms with E-state index in [1.54, 1.807) is 40.6 Å². The number of methoxy groups -OCH3 is 4. The van der Waals surface area contributed by atoms with Gasteiger partial charge in [0.05, 0.1) is 28.4 Å². The van der Waals surface area contributed by atoms with E-state index in [9.17, 15) is 4.39 Å².